The van der Waals surface area contributed by atoms with Gasteiger partial charge in [-0.2, -0.15) is 13.2 Å². The van der Waals surface area contributed by atoms with E-state index >= 15 is 0 Å². The van der Waals surface area contributed by atoms with Crippen LogP contribution in [0.5, 0.6) is 0 Å². The van der Waals surface area contributed by atoms with E-state index < -0.39 is 22.7 Å². The second kappa shape index (κ2) is 6.27. The minimum absolute atomic E-state index is 0.0778. The third-order valence-corrected chi connectivity index (χ3v) is 5.56. The van der Waals surface area contributed by atoms with E-state index in [2.05, 4.69) is 5.32 Å². The van der Waals surface area contributed by atoms with Crippen LogP contribution in [0.4, 0.5) is 24.5 Å². The summed E-state index contributed by atoms with van der Waals surface area (Å²) in [5.41, 5.74) is 0.105. The Hall–Kier alpha value is -2.54. The summed E-state index contributed by atoms with van der Waals surface area (Å²) in [6, 6.07) is 7.51. The summed E-state index contributed by atoms with van der Waals surface area (Å²) in [5.74, 6) is -0.634. The maximum atomic E-state index is 13.5. The molecule has 27 heavy (non-hydrogen) atoms. The molecule has 0 aromatic heterocycles. The van der Waals surface area contributed by atoms with Crippen LogP contribution in [0.25, 0.3) is 0 Å². The molecule has 0 unspecified atom stereocenters. The maximum Gasteiger partial charge on any atom is 0.416 e. The third-order valence-electron chi connectivity index (χ3n) is 5.24. The van der Waals surface area contributed by atoms with E-state index in [0.29, 0.717) is 17.7 Å². The van der Waals surface area contributed by atoms with Gasteiger partial charge in [0.2, 0.25) is 0 Å². The summed E-state index contributed by atoms with van der Waals surface area (Å²) >= 11 is 6.26. The molecule has 2 aliphatic rings. The largest absolute Gasteiger partial charge is 0.416 e. The lowest BCUT2D eigenvalue weighted by atomic mass is 9.75. The van der Waals surface area contributed by atoms with Gasteiger partial charge >= 0.3 is 6.18 Å². The lowest BCUT2D eigenvalue weighted by molar-refractivity contribution is -0.385. The van der Waals surface area contributed by atoms with E-state index in [1.54, 1.807) is 6.07 Å². The molecule has 0 fully saturated rings. The molecule has 1 aliphatic carbocycles. The molecular formula is C19H14ClF3N2O2. The molecule has 1 heterocycles. The fourth-order valence-electron chi connectivity index (χ4n) is 4.15. The van der Waals surface area contributed by atoms with Crippen LogP contribution in [0.15, 0.2) is 48.6 Å². The van der Waals surface area contributed by atoms with Crippen LogP contribution in [0.3, 0.4) is 0 Å². The molecule has 0 saturated heterocycles. The maximum absolute atomic E-state index is 13.5. The van der Waals surface area contributed by atoms with Crippen molar-refractivity contribution in [2.45, 2.75) is 24.6 Å². The van der Waals surface area contributed by atoms with Gasteiger partial charge < -0.3 is 5.32 Å². The predicted octanol–water partition coefficient (Wildman–Crippen LogP) is 6.09. The molecule has 1 aliphatic heterocycles. The first-order valence-corrected chi connectivity index (χ1v) is 8.73. The zero-order valence-electron chi connectivity index (χ0n) is 13.8. The van der Waals surface area contributed by atoms with Gasteiger partial charge in [0, 0.05) is 12.0 Å². The molecule has 0 radical (unpaired) electrons. The van der Waals surface area contributed by atoms with Gasteiger partial charge in [-0.15, -0.1) is 0 Å². The Kier molecular flexibility index (Phi) is 4.14. The Morgan fingerprint density at radius 3 is 2.63 bits per heavy atom. The van der Waals surface area contributed by atoms with Crippen molar-refractivity contribution in [2.24, 2.45) is 5.92 Å². The van der Waals surface area contributed by atoms with Crippen LogP contribution in [-0.2, 0) is 6.18 Å². The van der Waals surface area contributed by atoms with Crippen molar-refractivity contribution in [3.8, 4) is 0 Å². The van der Waals surface area contributed by atoms with E-state index in [1.165, 1.54) is 24.3 Å². The van der Waals surface area contributed by atoms with Gasteiger partial charge in [0.05, 0.1) is 32.8 Å². The zero-order chi connectivity index (χ0) is 19.3. The Labute approximate surface area is 157 Å². The summed E-state index contributed by atoms with van der Waals surface area (Å²) in [6.07, 6.45) is -0.277. The molecular weight excluding hydrogens is 381 g/mol. The molecule has 2 aromatic carbocycles. The van der Waals surface area contributed by atoms with Crippen molar-refractivity contribution < 1.29 is 18.1 Å². The van der Waals surface area contributed by atoms with Crippen molar-refractivity contribution >= 4 is 23.0 Å². The minimum Gasteiger partial charge on any atom is -0.376 e. The fourth-order valence-corrected chi connectivity index (χ4v) is 4.37. The van der Waals surface area contributed by atoms with E-state index in [4.69, 9.17) is 11.6 Å². The molecule has 4 rings (SSSR count). The molecule has 3 atom stereocenters. The normalized spacial score (nSPS) is 23.5. The van der Waals surface area contributed by atoms with E-state index in [1.807, 2.05) is 12.2 Å². The van der Waals surface area contributed by atoms with E-state index in [0.717, 1.165) is 6.07 Å². The number of rotatable bonds is 2. The van der Waals surface area contributed by atoms with Crippen LogP contribution >= 0.6 is 11.6 Å². The van der Waals surface area contributed by atoms with Crippen molar-refractivity contribution in [1.29, 1.82) is 0 Å². The average molecular weight is 395 g/mol. The zero-order valence-corrected chi connectivity index (χ0v) is 14.6. The first-order valence-electron chi connectivity index (χ1n) is 8.35. The number of hydrogen-bond acceptors (Lipinski definition) is 3. The Balaban J connectivity index is 1.90. The highest BCUT2D eigenvalue weighted by molar-refractivity contribution is 6.33. The van der Waals surface area contributed by atoms with Gasteiger partial charge in [-0.05, 0) is 30.0 Å². The second-order valence-corrected chi connectivity index (χ2v) is 7.08. The smallest absolute Gasteiger partial charge is 0.376 e. The number of benzene rings is 2. The van der Waals surface area contributed by atoms with Crippen molar-refractivity contribution in [3.63, 3.8) is 0 Å². The molecule has 8 heteroatoms. The Morgan fingerprint density at radius 1 is 1.19 bits per heavy atom. The number of nitro groups is 1. The summed E-state index contributed by atoms with van der Waals surface area (Å²) in [6.45, 7) is 0. The van der Waals surface area contributed by atoms with Gasteiger partial charge in [0.25, 0.3) is 5.69 Å². The molecule has 4 nitrogen and oxygen atoms in total. The molecule has 1 N–H and O–H groups in total. The van der Waals surface area contributed by atoms with E-state index in [9.17, 15) is 23.3 Å². The summed E-state index contributed by atoms with van der Waals surface area (Å²) in [5, 5.41) is 14.8. The summed E-state index contributed by atoms with van der Waals surface area (Å²) < 4.78 is 40.6. The van der Waals surface area contributed by atoms with Gasteiger partial charge in [-0.25, -0.2) is 0 Å². The van der Waals surface area contributed by atoms with Crippen LogP contribution in [0.1, 0.15) is 35.1 Å². The standard InChI is InChI=1S/C19H14ClF3N2O2/c20-14-8-9-15(25(26)27)16-10-5-3-6-11(10)17(24-18(14)16)12-4-1-2-7-13(12)19(21,22)23/h1-5,7-11,17,24H,6H2/t10-,11-,17+/m1/s1. The highest BCUT2D eigenvalue weighted by atomic mass is 35.5. The fraction of sp³-hybridized carbons (Fsp3) is 0.263. The number of fused-ring (bicyclic) bond motifs is 3. The number of alkyl halides is 3. The molecule has 0 amide bonds. The first kappa shape index (κ1) is 17.9. The topological polar surface area (TPSA) is 55.2 Å². The van der Waals surface area contributed by atoms with Crippen LogP contribution in [0.2, 0.25) is 5.02 Å². The predicted molar refractivity (Wildman–Crippen MR) is 95.9 cm³/mol. The van der Waals surface area contributed by atoms with Gasteiger partial charge in [0.15, 0.2) is 0 Å². The van der Waals surface area contributed by atoms with E-state index in [-0.39, 0.29) is 28.1 Å². The molecule has 0 spiro atoms. The lowest BCUT2D eigenvalue weighted by Crippen LogP contribution is -2.31. The number of allylic oxidation sites excluding steroid dienone is 2. The van der Waals surface area contributed by atoms with Crippen LogP contribution < -0.4 is 5.32 Å². The number of halogens is 4. The van der Waals surface area contributed by atoms with Crippen LogP contribution in [0, 0.1) is 16.0 Å². The SMILES string of the molecule is O=[N+]([O-])c1ccc(Cl)c2c1[C@@H]1C=CC[C@H]1[C@@H](c1ccccc1C(F)(F)F)N2. The number of nitrogens with one attached hydrogen (secondary N) is 1. The van der Waals surface area contributed by atoms with Crippen molar-refractivity contribution in [1.82, 2.24) is 0 Å². The first-order chi connectivity index (χ1) is 12.8. The lowest BCUT2D eigenvalue weighted by Gasteiger charge is -2.38. The number of nitrogens with zero attached hydrogens (tertiary/aromatic N) is 1. The minimum atomic E-state index is -4.49. The van der Waals surface area contributed by atoms with Gasteiger partial charge in [0.1, 0.15) is 0 Å². The quantitative estimate of drug-likeness (QED) is 0.380. The second-order valence-electron chi connectivity index (χ2n) is 6.67. The number of anilines is 1. The monoisotopic (exact) mass is 394 g/mol. The number of nitro benzene ring substituents is 1. The van der Waals surface area contributed by atoms with Gasteiger partial charge in [-0.3, -0.25) is 10.1 Å². The Morgan fingerprint density at radius 2 is 1.93 bits per heavy atom. The Bertz CT molecular complexity index is 958. The summed E-state index contributed by atoms with van der Waals surface area (Å²) in [4.78, 5) is 11.0. The average Bonchev–Trinajstić information content (AvgIpc) is 3.10. The third kappa shape index (κ3) is 2.86. The van der Waals surface area contributed by atoms with Crippen LogP contribution in [-0.4, -0.2) is 4.92 Å². The molecule has 0 bridgehead atoms. The highest BCUT2D eigenvalue weighted by Crippen LogP contribution is 2.55. The van der Waals surface area contributed by atoms with Crippen molar-refractivity contribution in [3.05, 3.63) is 80.4 Å². The molecule has 140 valence electrons. The highest BCUT2D eigenvalue weighted by Gasteiger charge is 2.45. The molecule has 0 saturated carbocycles. The van der Waals surface area contributed by atoms with Crippen molar-refractivity contribution in [2.75, 3.05) is 5.32 Å². The van der Waals surface area contributed by atoms with Gasteiger partial charge in [-0.1, -0.05) is 42.0 Å². The summed E-state index contributed by atoms with van der Waals surface area (Å²) in [7, 11) is 0. The molecule has 2 aromatic rings. The number of hydrogen-bond donors (Lipinski definition) is 1.